The quantitative estimate of drug-likeness (QED) is 0.627. The lowest BCUT2D eigenvalue weighted by Crippen LogP contribution is -2.34. The van der Waals surface area contributed by atoms with Crippen molar-refractivity contribution in [3.05, 3.63) is 64.8 Å². The van der Waals surface area contributed by atoms with E-state index in [2.05, 4.69) is 13.8 Å². The molecule has 0 aromatic heterocycles. The number of hydrogen-bond acceptors (Lipinski definition) is 4. The van der Waals surface area contributed by atoms with E-state index in [4.69, 9.17) is 16.3 Å². The van der Waals surface area contributed by atoms with Crippen molar-refractivity contribution in [1.82, 2.24) is 4.90 Å². The molecule has 4 rings (SSSR count). The van der Waals surface area contributed by atoms with E-state index in [0.717, 1.165) is 31.7 Å². The molecule has 0 aliphatic carbocycles. The molecular weight excluding hydrogens is 400 g/mol. The first-order chi connectivity index (χ1) is 14.5. The maximum Gasteiger partial charge on any atom is 0.282 e. The molecule has 2 aromatic rings. The monoisotopic (exact) mass is 424 g/mol. The summed E-state index contributed by atoms with van der Waals surface area (Å²) < 4.78 is 5.76. The lowest BCUT2D eigenvalue weighted by molar-refractivity contribution is -0.120. The zero-order valence-corrected chi connectivity index (χ0v) is 18.0. The Balaban J connectivity index is 1.73. The predicted molar refractivity (Wildman–Crippen MR) is 118 cm³/mol. The van der Waals surface area contributed by atoms with Gasteiger partial charge in [-0.1, -0.05) is 49.7 Å². The normalized spacial score (nSPS) is 16.9. The van der Waals surface area contributed by atoms with Gasteiger partial charge in [0.1, 0.15) is 11.4 Å². The molecule has 5 nitrogen and oxygen atoms in total. The van der Waals surface area contributed by atoms with Crippen LogP contribution in [0, 0.1) is 5.92 Å². The van der Waals surface area contributed by atoms with Crippen molar-refractivity contribution < 1.29 is 14.3 Å². The third-order valence-corrected chi connectivity index (χ3v) is 5.62. The summed E-state index contributed by atoms with van der Waals surface area (Å²) in [5.41, 5.74) is 2.02. The molecule has 2 heterocycles. The molecule has 0 spiro atoms. The van der Waals surface area contributed by atoms with Gasteiger partial charge in [0.05, 0.1) is 22.9 Å². The first-order valence-electron chi connectivity index (χ1n) is 10.3. The topological polar surface area (TPSA) is 49.9 Å². The smallest absolute Gasteiger partial charge is 0.282 e. The van der Waals surface area contributed by atoms with Crippen LogP contribution in [0.5, 0.6) is 5.75 Å². The molecule has 0 radical (unpaired) electrons. The van der Waals surface area contributed by atoms with Crippen molar-refractivity contribution >= 4 is 34.7 Å². The van der Waals surface area contributed by atoms with Crippen molar-refractivity contribution in [2.24, 2.45) is 5.92 Å². The van der Waals surface area contributed by atoms with Crippen molar-refractivity contribution in [2.45, 2.75) is 26.7 Å². The Hall–Kier alpha value is -2.79. The van der Waals surface area contributed by atoms with Gasteiger partial charge < -0.3 is 9.64 Å². The number of amides is 2. The van der Waals surface area contributed by atoms with Gasteiger partial charge in [0, 0.05) is 13.1 Å². The fourth-order valence-corrected chi connectivity index (χ4v) is 4.07. The van der Waals surface area contributed by atoms with Gasteiger partial charge in [-0.25, -0.2) is 4.90 Å². The number of halogens is 1. The second-order valence-corrected chi connectivity index (χ2v) is 8.45. The molecule has 2 aromatic carbocycles. The molecule has 1 saturated heterocycles. The zero-order valence-electron chi connectivity index (χ0n) is 17.2. The van der Waals surface area contributed by atoms with Gasteiger partial charge in [-0.15, -0.1) is 0 Å². The third-order valence-electron chi connectivity index (χ3n) is 5.30. The average Bonchev–Trinajstić information content (AvgIpc) is 3.34. The minimum absolute atomic E-state index is 0.315. The molecule has 2 amide bonds. The summed E-state index contributed by atoms with van der Waals surface area (Å²) in [4.78, 5) is 30.1. The number of carbonyl (C=O) groups is 2. The van der Waals surface area contributed by atoms with Crippen LogP contribution in [0.25, 0.3) is 5.57 Å². The standard InChI is InChI=1S/C24H25ClN2O3/c1-16(2)15-30-18-11-9-17(10-12-18)21-22(26-13-5-6-14-26)24(29)27(23(21)28)20-8-4-3-7-19(20)25/h3-4,7-12,16H,5-6,13-15H2,1-2H3. The Bertz CT molecular complexity index is 992. The maximum atomic E-state index is 13.5. The Kier molecular flexibility index (Phi) is 5.82. The van der Waals surface area contributed by atoms with Crippen LogP contribution in [-0.4, -0.2) is 36.4 Å². The van der Waals surface area contributed by atoms with Gasteiger partial charge in [0.25, 0.3) is 11.8 Å². The fourth-order valence-electron chi connectivity index (χ4n) is 3.85. The van der Waals surface area contributed by atoms with E-state index < -0.39 is 0 Å². The number of nitrogens with zero attached hydrogens (tertiary/aromatic N) is 2. The largest absolute Gasteiger partial charge is 0.493 e. The van der Waals surface area contributed by atoms with Gasteiger partial charge in [-0.2, -0.15) is 0 Å². The average molecular weight is 425 g/mol. The third kappa shape index (κ3) is 3.82. The van der Waals surface area contributed by atoms with Crippen molar-refractivity contribution in [3.63, 3.8) is 0 Å². The van der Waals surface area contributed by atoms with Gasteiger partial charge in [-0.3, -0.25) is 9.59 Å². The van der Waals surface area contributed by atoms with E-state index in [1.807, 2.05) is 29.2 Å². The van der Waals surface area contributed by atoms with Crippen LogP contribution in [0.2, 0.25) is 5.02 Å². The number of benzene rings is 2. The summed E-state index contributed by atoms with van der Waals surface area (Å²) in [6.45, 7) is 6.34. The molecule has 2 aliphatic rings. The van der Waals surface area contributed by atoms with Crippen LogP contribution in [0.3, 0.4) is 0 Å². The first kappa shape index (κ1) is 20.5. The molecule has 0 unspecified atom stereocenters. The zero-order chi connectivity index (χ0) is 21.3. The number of imide groups is 1. The summed E-state index contributed by atoms with van der Waals surface area (Å²) in [6, 6.07) is 14.3. The van der Waals surface area contributed by atoms with E-state index in [9.17, 15) is 9.59 Å². The van der Waals surface area contributed by atoms with Crippen LogP contribution in [0.1, 0.15) is 32.3 Å². The number of anilines is 1. The van der Waals surface area contributed by atoms with Crippen LogP contribution < -0.4 is 9.64 Å². The summed E-state index contributed by atoms with van der Waals surface area (Å²) in [5.74, 6) is 0.513. The Morgan fingerprint density at radius 1 is 0.967 bits per heavy atom. The lowest BCUT2D eigenvalue weighted by atomic mass is 10.0. The fraction of sp³-hybridized carbons (Fsp3) is 0.333. The highest BCUT2D eigenvalue weighted by Gasteiger charge is 2.43. The second kappa shape index (κ2) is 8.52. The Morgan fingerprint density at radius 2 is 1.63 bits per heavy atom. The summed E-state index contributed by atoms with van der Waals surface area (Å²) >= 11 is 6.32. The molecule has 0 atom stereocenters. The van der Waals surface area contributed by atoms with Crippen LogP contribution in [0.4, 0.5) is 5.69 Å². The Labute approximate surface area is 181 Å². The van der Waals surface area contributed by atoms with E-state index >= 15 is 0 Å². The summed E-state index contributed by atoms with van der Waals surface area (Å²) in [7, 11) is 0. The van der Waals surface area contributed by atoms with E-state index in [0.29, 0.717) is 40.1 Å². The van der Waals surface area contributed by atoms with E-state index in [-0.39, 0.29) is 11.8 Å². The number of likely N-dealkylation sites (tertiary alicyclic amines) is 1. The number of hydrogen-bond donors (Lipinski definition) is 0. The maximum absolute atomic E-state index is 13.5. The predicted octanol–water partition coefficient (Wildman–Crippen LogP) is 4.76. The van der Waals surface area contributed by atoms with Gasteiger partial charge >= 0.3 is 0 Å². The highest BCUT2D eigenvalue weighted by Crippen LogP contribution is 2.38. The van der Waals surface area contributed by atoms with Crippen molar-refractivity contribution in [3.8, 4) is 5.75 Å². The summed E-state index contributed by atoms with van der Waals surface area (Å²) in [6.07, 6.45) is 2.01. The number of ether oxygens (including phenoxy) is 1. The van der Waals surface area contributed by atoms with Crippen molar-refractivity contribution in [1.29, 1.82) is 0 Å². The molecule has 30 heavy (non-hydrogen) atoms. The van der Waals surface area contributed by atoms with Gasteiger partial charge in [0.2, 0.25) is 0 Å². The number of carbonyl (C=O) groups excluding carboxylic acids is 2. The summed E-state index contributed by atoms with van der Waals surface area (Å²) in [5, 5.41) is 0.374. The molecule has 2 aliphatic heterocycles. The molecule has 0 bridgehead atoms. The molecule has 156 valence electrons. The Morgan fingerprint density at radius 3 is 2.27 bits per heavy atom. The minimum atomic E-state index is -0.342. The van der Waals surface area contributed by atoms with Crippen LogP contribution in [-0.2, 0) is 9.59 Å². The number of rotatable bonds is 6. The van der Waals surface area contributed by atoms with E-state index in [1.165, 1.54) is 4.90 Å². The van der Waals surface area contributed by atoms with Gasteiger partial charge in [-0.05, 0) is 48.6 Å². The molecule has 6 heteroatoms. The minimum Gasteiger partial charge on any atom is -0.493 e. The van der Waals surface area contributed by atoms with Gasteiger partial charge in [0.15, 0.2) is 0 Å². The number of para-hydroxylation sites is 1. The molecular formula is C24H25ClN2O3. The first-order valence-corrected chi connectivity index (χ1v) is 10.7. The second-order valence-electron chi connectivity index (χ2n) is 8.04. The van der Waals surface area contributed by atoms with Crippen molar-refractivity contribution in [2.75, 3.05) is 24.6 Å². The highest BCUT2D eigenvalue weighted by atomic mass is 35.5. The molecule has 0 saturated carbocycles. The highest BCUT2D eigenvalue weighted by molar-refractivity contribution is 6.47. The molecule has 0 N–H and O–H groups in total. The van der Waals surface area contributed by atoms with E-state index in [1.54, 1.807) is 24.3 Å². The van der Waals surface area contributed by atoms with Crippen LogP contribution in [0.15, 0.2) is 54.2 Å². The van der Waals surface area contributed by atoms with Crippen LogP contribution >= 0.6 is 11.6 Å². The molecule has 1 fully saturated rings. The lowest BCUT2D eigenvalue weighted by Gasteiger charge is -2.20. The SMILES string of the molecule is CC(C)COc1ccc(C2=C(N3CCCC3)C(=O)N(c3ccccc3Cl)C2=O)cc1.